The fraction of sp³-hybridized carbons (Fsp3) is 0.300. The first-order valence-corrected chi connectivity index (χ1v) is 9.32. The summed E-state index contributed by atoms with van der Waals surface area (Å²) in [5.41, 5.74) is 1.80. The van der Waals surface area contributed by atoms with Gasteiger partial charge in [0.05, 0.1) is 12.8 Å². The second-order valence-electron chi connectivity index (χ2n) is 6.63. The van der Waals surface area contributed by atoms with Gasteiger partial charge in [0, 0.05) is 24.7 Å². The van der Waals surface area contributed by atoms with Crippen molar-refractivity contribution >= 4 is 17.5 Å². The lowest BCUT2D eigenvalue weighted by Crippen LogP contribution is -2.30. The quantitative estimate of drug-likeness (QED) is 0.708. The number of methoxy groups -OCH3 is 1. The van der Waals surface area contributed by atoms with Gasteiger partial charge in [-0.3, -0.25) is 9.89 Å². The maximum Gasteiger partial charge on any atom is 0.274 e. The highest BCUT2D eigenvalue weighted by atomic mass is 16.5. The average Bonchev–Trinajstić information content (AvgIpc) is 3.25. The van der Waals surface area contributed by atoms with Crippen molar-refractivity contribution in [3.8, 4) is 17.0 Å². The molecule has 8 nitrogen and oxygen atoms in total. The summed E-state index contributed by atoms with van der Waals surface area (Å²) in [7, 11) is 1.61. The number of aromatic amines is 1. The number of benzene rings is 1. The number of H-pyrrole nitrogens is 1. The number of anilines is 2. The molecule has 0 bridgehead atoms. The lowest BCUT2D eigenvalue weighted by molar-refractivity contribution is 0.102. The highest BCUT2D eigenvalue weighted by Crippen LogP contribution is 2.28. The summed E-state index contributed by atoms with van der Waals surface area (Å²) in [4.78, 5) is 23.3. The normalized spacial score (nSPS) is 14.0. The minimum Gasteiger partial charge on any atom is -0.496 e. The first kappa shape index (κ1) is 18.0. The smallest absolute Gasteiger partial charge is 0.274 e. The van der Waals surface area contributed by atoms with Crippen LogP contribution >= 0.6 is 0 Å². The molecule has 1 aliphatic rings. The zero-order valence-electron chi connectivity index (χ0n) is 15.7. The molecule has 2 aromatic heterocycles. The Kier molecular flexibility index (Phi) is 5.18. The van der Waals surface area contributed by atoms with E-state index < -0.39 is 0 Å². The number of carbonyl (C=O) groups excluding carboxylic acids is 1. The van der Waals surface area contributed by atoms with Gasteiger partial charge in [-0.15, -0.1) is 0 Å². The molecule has 1 saturated heterocycles. The van der Waals surface area contributed by atoms with Crippen molar-refractivity contribution in [2.75, 3.05) is 30.4 Å². The second kappa shape index (κ2) is 8.08. The summed E-state index contributed by atoms with van der Waals surface area (Å²) in [6.45, 7) is 1.96. The third-order valence-corrected chi connectivity index (χ3v) is 4.78. The van der Waals surface area contributed by atoms with E-state index in [-0.39, 0.29) is 5.91 Å². The summed E-state index contributed by atoms with van der Waals surface area (Å²) in [6, 6.07) is 11.0. The number of carbonyl (C=O) groups is 1. The summed E-state index contributed by atoms with van der Waals surface area (Å²) < 4.78 is 5.36. The summed E-state index contributed by atoms with van der Waals surface area (Å²) in [5, 5.41) is 9.84. The fourth-order valence-corrected chi connectivity index (χ4v) is 3.33. The summed E-state index contributed by atoms with van der Waals surface area (Å²) >= 11 is 0. The number of aromatic nitrogens is 4. The van der Waals surface area contributed by atoms with Gasteiger partial charge in [0.15, 0.2) is 0 Å². The van der Waals surface area contributed by atoms with Crippen molar-refractivity contribution in [2.24, 2.45) is 0 Å². The molecule has 0 atom stereocenters. The summed E-state index contributed by atoms with van der Waals surface area (Å²) in [5.74, 6) is 1.69. The molecule has 1 aliphatic heterocycles. The van der Waals surface area contributed by atoms with Crippen molar-refractivity contribution in [1.82, 2.24) is 20.2 Å². The molecule has 1 amide bonds. The van der Waals surface area contributed by atoms with Gasteiger partial charge in [-0.2, -0.15) is 5.10 Å². The largest absolute Gasteiger partial charge is 0.496 e. The molecular weight excluding hydrogens is 356 g/mol. The van der Waals surface area contributed by atoms with E-state index >= 15 is 0 Å². The third-order valence-electron chi connectivity index (χ3n) is 4.78. The standard InChI is InChI=1S/C20H22N6O2/c1-28-17-8-4-3-7-14(17)15-11-16(25-24-15)20(27)23-18-12-19(22-13-21-18)26-9-5-2-6-10-26/h3-4,7-8,11-13H,2,5-6,9-10H2,1H3,(H,24,25)(H,21,22,23,27). The lowest BCUT2D eigenvalue weighted by atomic mass is 10.1. The van der Waals surface area contributed by atoms with Crippen molar-refractivity contribution < 1.29 is 9.53 Å². The van der Waals surface area contributed by atoms with Crippen molar-refractivity contribution in [3.05, 3.63) is 48.4 Å². The van der Waals surface area contributed by atoms with Gasteiger partial charge < -0.3 is 15.0 Å². The van der Waals surface area contributed by atoms with E-state index in [1.54, 1.807) is 19.2 Å². The number of nitrogens with zero attached hydrogens (tertiary/aromatic N) is 4. The number of nitrogens with one attached hydrogen (secondary N) is 2. The molecule has 4 rings (SSSR count). The van der Waals surface area contributed by atoms with E-state index in [0.717, 1.165) is 37.3 Å². The predicted molar refractivity (Wildman–Crippen MR) is 107 cm³/mol. The van der Waals surface area contributed by atoms with E-state index in [4.69, 9.17) is 4.74 Å². The Hall–Kier alpha value is -3.42. The molecule has 0 aliphatic carbocycles. The molecule has 3 heterocycles. The molecule has 8 heteroatoms. The topological polar surface area (TPSA) is 96.0 Å². The van der Waals surface area contributed by atoms with Crippen molar-refractivity contribution in [2.45, 2.75) is 19.3 Å². The van der Waals surface area contributed by atoms with Crippen LogP contribution in [0.5, 0.6) is 5.75 Å². The Morgan fingerprint density at radius 2 is 1.96 bits per heavy atom. The zero-order valence-corrected chi connectivity index (χ0v) is 15.7. The Balaban J connectivity index is 1.49. The van der Waals surface area contributed by atoms with Gasteiger partial charge in [0.1, 0.15) is 29.4 Å². The van der Waals surface area contributed by atoms with Gasteiger partial charge in [-0.25, -0.2) is 9.97 Å². The van der Waals surface area contributed by atoms with Crippen LogP contribution in [-0.2, 0) is 0 Å². The van der Waals surface area contributed by atoms with Gasteiger partial charge in [-0.05, 0) is 37.5 Å². The number of hydrogen-bond acceptors (Lipinski definition) is 6. The van der Waals surface area contributed by atoms with E-state index in [1.165, 1.54) is 12.7 Å². The van der Waals surface area contributed by atoms with Crippen LogP contribution in [-0.4, -0.2) is 46.3 Å². The molecule has 0 unspecified atom stereocenters. The highest BCUT2D eigenvalue weighted by molar-refractivity contribution is 6.03. The van der Waals surface area contributed by atoms with E-state index in [9.17, 15) is 4.79 Å². The van der Waals surface area contributed by atoms with Crippen LogP contribution in [0.4, 0.5) is 11.6 Å². The number of para-hydroxylation sites is 1. The number of ether oxygens (including phenoxy) is 1. The van der Waals surface area contributed by atoms with Gasteiger partial charge in [-0.1, -0.05) is 12.1 Å². The van der Waals surface area contributed by atoms with Crippen LogP contribution in [0.15, 0.2) is 42.7 Å². The Morgan fingerprint density at radius 3 is 2.79 bits per heavy atom. The maximum atomic E-state index is 12.6. The van der Waals surface area contributed by atoms with E-state index in [2.05, 4.69) is 30.4 Å². The SMILES string of the molecule is COc1ccccc1-c1cc(C(=O)Nc2cc(N3CCCCC3)ncn2)[nH]n1. The molecule has 144 valence electrons. The molecule has 1 fully saturated rings. The van der Waals surface area contributed by atoms with Crippen LogP contribution in [0.2, 0.25) is 0 Å². The number of piperidine rings is 1. The van der Waals surface area contributed by atoms with E-state index in [1.807, 2.05) is 24.3 Å². The number of rotatable bonds is 5. The molecule has 0 spiro atoms. The van der Waals surface area contributed by atoms with Crippen LogP contribution in [0.1, 0.15) is 29.8 Å². The minimum absolute atomic E-state index is 0.308. The Morgan fingerprint density at radius 1 is 1.14 bits per heavy atom. The molecule has 3 aromatic rings. The van der Waals surface area contributed by atoms with Gasteiger partial charge >= 0.3 is 0 Å². The zero-order chi connectivity index (χ0) is 19.3. The monoisotopic (exact) mass is 378 g/mol. The van der Waals surface area contributed by atoms with Crippen LogP contribution in [0.3, 0.4) is 0 Å². The van der Waals surface area contributed by atoms with Crippen LogP contribution in [0, 0.1) is 0 Å². The average molecular weight is 378 g/mol. The Labute approximate surface area is 163 Å². The molecule has 1 aromatic carbocycles. The van der Waals surface area contributed by atoms with Crippen LogP contribution in [0.25, 0.3) is 11.3 Å². The minimum atomic E-state index is -0.308. The van der Waals surface area contributed by atoms with Crippen LogP contribution < -0.4 is 15.0 Å². The van der Waals surface area contributed by atoms with Crippen molar-refractivity contribution in [1.29, 1.82) is 0 Å². The number of hydrogen-bond donors (Lipinski definition) is 2. The van der Waals surface area contributed by atoms with Gasteiger partial charge in [0.2, 0.25) is 0 Å². The summed E-state index contributed by atoms with van der Waals surface area (Å²) in [6.07, 6.45) is 5.05. The maximum absolute atomic E-state index is 12.6. The first-order chi connectivity index (χ1) is 13.7. The molecule has 0 saturated carbocycles. The fourth-order valence-electron chi connectivity index (χ4n) is 3.33. The molecular formula is C20H22N6O2. The van der Waals surface area contributed by atoms with Gasteiger partial charge in [0.25, 0.3) is 5.91 Å². The molecule has 0 radical (unpaired) electrons. The molecule has 28 heavy (non-hydrogen) atoms. The second-order valence-corrected chi connectivity index (χ2v) is 6.63. The first-order valence-electron chi connectivity index (χ1n) is 9.32. The Bertz CT molecular complexity index is 965. The molecule has 2 N–H and O–H groups in total. The highest BCUT2D eigenvalue weighted by Gasteiger charge is 2.16. The third kappa shape index (κ3) is 3.80. The number of amides is 1. The predicted octanol–water partition coefficient (Wildman–Crippen LogP) is 3.12. The lowest BCUT2D eigenvalue weighted by Gasteiger charge is -2.27. The van der Waals surface area contributed by atoms with Crippen molar-refractivity contribution in [3.63, 3.8) is 0 Å². The van der Waals surface area contributed by atoms with E-state index in [0.29, 0.717) is 23.0 Å².